The molecule has 2 aromatic heterocycles. The highest BCUT2D eigenvalue weighted by atomic mass is 32.1. The van der Waals surface area contributed by atoms with Crippen LogP contribution in [-0.2, 0) is 17.6 Å². The average molecular weight is 445 g/mol. The van der Waals surface area contributed by atoms with Crippen LogP contribution in [0.25, 0.3) is 11.0 Å². The van der Waals surface area contributed by atoms with Crippen LogP contribution in [0.5, 0.6) is 0 Å². The molecule has 0 unspecified atom stereocenters. The first-order valence-electron chi connectivity index (χ1n) is 10.4. The first-order valence-corrected chi connectivity index (χ1v) is 11.2. The maximum Gasteiger partial charge on any atom is 0.292 e. The molecule has 3 aromatic rings. The molecule has 0 spiro atoms. The predicted octanol–water partition coefficient (Wildman–Crippen LogP) is 4.84. The summed E-state index contributed by atoms with van der Waals surface area (Å²) >= 11 is 1.44. The molecular weight excluding hydrogens is 419 g/mol. The number of aryl methyl sites for hydroxylation is 2. The van der Waals surface area contributed by atoms with E-state index in [0.717, 1.165) is 36.1 Å². The SMILES string of the molecule is COCCCNC(=O)c1c(NC(=O)c2oc3c(F)cccc3c2C)sc2c1CCCC2. The number of rotatable bonds is 7. The van der Waals surface area contributed by atoms with Gasteiger partial charge in [0, 0.05) is 36.1 Å². The van der Waals surface area contributed by atoms with Gasteiger partial charge >= 0.3 is 0 Å². The second-order valence-corrected chi connectivity index (χ2v) is 8.75. The Morgan fingerprint density at radius 1 is 1.23 bits per heavy atom. The van der Waals surface area contributed by atoms with Crippen LogP contribution in [0.2, 0.25) is 0 Å². The van der Waals surface area contributed by atoms with Crippen LogP contribution in [0.1, 0.15) is 56.2 Å². The first kappa shape index (κ1) is 21.5. The van der Waals surface area contributed by atoms with E-state index < -0.39 is 11.7 Å². The van der Waals surface area contributed by atoms with Crippen molar-refractivity contribution in [3.8, 4) is 0 Å². The van der Waals surface area contributed by atoms with E-state index in [-0.39, 0.29) is 17.3 Å². The molecule has 2 amide bonds. The number of amides is 2. The Kier molecular flexibility index (Phi) is 6.38. The minimum atomic E-state index is -0.512. The molecule has 31 heavy (non-hydrogen) atoms. The van der Waals surface area contributed by atoms with Gasteiger partial charge in [-0.3, -0.25) is 9.59 Å². The number of ether oxygens (including phenoxy) is 1. The van der Waals surface area contributed by atoms with Crippen LogP contribution in [0.3, 0.4) is 0 Å². The zero-order chi connectivity index (χ0) is 22.0. The van der Waals surface area contributed by atoms with Crippen molar-refractivity contribution in [2.45, 2.75) is 39.0 Å². The summed E-state index contributed by atoms with van der Waals surface area (Å²) in [5, 5.41) is 6.87. The fraction of sp³-hybridized carbons (Fsp3) is 0.391. The Morgan fingerprint density at radius 2 is 2.03 bits per heavy atom. The smallest absolute Gasteiger partial charge is 0.292 e. The number of hydrogen-bond donors (Lipinski definition) is 2. The molecule has 0 saturated heterocycles. The van der Waals surface area contributed by atoms with Gasteiger partial charge in [-0.1, -0.05) is 12.1 Å². The Balaban J connectivity index is 1.63. The van der Waals surface area contributed by atoms with E-state index in [1.165, 1.54) is 17.4 Å². The molecule has 0 saturated carbocycles. The number of furan rings is 1. The maximum absolute atomic E-state index is 14.1. The number of benzene rings is 1. The van der Waals surface area contributed by atoms with Crippen molar-refractivity contribution in [2.75, 3.05) is 25.6 Å². The van der Waals surface area contributed by atoms with Crippen molar-refractivity contribution < 1.29 is 23.1 Å². The number of carbonyl (C=O) groups is 2. The number of fused-ring (bicyclic) bond motifs is 2. The van der Waals surface area contributed by atoms with Gasteiger partial charge in [0.25, 0.3) is 11.8 Å². The van der Waals surface area contributed by atoms with E-state index in [1.54, 1.807) is 26.2 Å². The third-order valence-electron chi connectivity index (χ3n) is 5.56. The van der Waals surface area contributed by atoms with Gasteiger partial charge < -0.3 is 19.8 Å². The van der Waals surface area contributed by atoms with Gasteiger partial charge in [-0.25, -0.2) is 4.39 Å². The molecule has 0 bridgehead atoms. The van der Waals surface area contributed by atoms with Crippen LogP contribution in [0.4, 0.5) is 9.39 Å². The fourth-order valence-electron chi connectivity index (χ4n) is 3.99. The number of para-hydroxylation sites is 1. The van der Waals surface area contributed by atoms with E-state index >= 15 is 0 Å². The van der Waals surface area contributed by atoms with E-state index in [1.807, 2.05) is 0 Å². The summed E-state index contributed by atoms with van der Waals surface area (Å²) in [4.78, 5) is 27.1. The van der Waals surface area contributed by atoms with Crippen LogP contribution in [0, 0.1) is 12.7 Å². The third kappa shape index (κ3) is 4.22. The molecule has 4 rings (SSSR count). The standard InChI is InChI=1S/C23H25FN2O4S/c1-13-14-8-5-9-16(24)20(14)30-19(13)22(28)26-23-18(21(27)25-11-6-12-29-2)15-7-3-4-10-17(15)31-23/h5,8-9H,3-4,6-7,10-12H2,1-2H3,(H,25,27)(H,26,28). The number of methoxy groups -OCH3 is 1. The maximum atomic E-state index is 14.1. The van der Waals surface area contributed by atoms with Gasteiger partial charge in [-0.05, 0) is 50.7 Å². The Morgan fingerprint density at radius 3 is 2.81 bits per heavy atom. The lowest BCUT2D eigenvalue weighted by molar-refractivity contribution is 0.0948. The minimum absolute atomic E-state index is 0.0536. The van der Waals surface area contributed by atoms with Crippen LogP contribution in [0.15, 0.2) is 22.6 Å². The second kappa shape index (κ2) is 9.20. The van der Waals surface area contributed by atoms with Gasteiger partial charge in [-0.2, -0.15) is 0 Å². The van der Waals surface area contributed by atoms with Gasteiger partial charge in [0.1, 0.15) is 5.00 Å². The van der Waals surface area contributed by atoms with Gasteiger partial charge in [0.05, 0.1) is 5.56 Å². The molecule has 2 heterocycles. The molecule has 6 nitrogen and oxygen atoms in total. The summed E-state index contributed by atoms with van der Waals surface area (Å²) in [7, 11) is 1.62. The quantitative estimate of drug-likeness (QED) is 0.511. The molecule has 1 aromatic carbocycles. The summed E-state index contributed by atoms with van der Waals surface area (Å²) in [5.41, 5.74) is 2.18. The summed E-state index contributed by atoms with van der Waals surface area (Å²) in [5.74, 6) is -1.14. The molecule has 0 aliphatic heterocycles. The monoisotopic (exact) mass is 444 g/mol. The number of anilines is 1. The number of halogens is 1. The number of carbonyl (C=O) groups excluding carboxylic acids is 2. The number of hydrogen-bond acceptors (Lipinski definition) is 5. The predicted molar refractivity (Wildman–Crippen MR) is 119 cm³/mol. The van der Waals surface area contributed by atoms with Crippen molar-refractivity contribution >= 4 is 39.1 Å². The van der Waals surface area contributed by atoms with Crippen molar-refractivity contribution in [3.63, 3.8) is 0 Å². The second-order valence-electron chi connectivity index (χ2n) is 7.64. The summed E-state index contributed by atoms with van der Waals surface area (Å²) in [6.07, 6.45) is 4.51. The van der Waals surface area contributed by atoms with Gasteiger partial charge in [0.15, 0.2) is 17.2 Å². The Hall–Kier alpha value is -2.71. The molecule has 1 aliphatic carbocycles. The number of nitrogens with one attached hydrogen (secondary N) is 2. The van der Waals surface area contributed by atoms with Crippen LogP contribution >= 0.6 is 11.3 Å². The van der Waals surface area contributed by atoms with Crippen molar-refractivity contribution in [1.82, 2.24) is 5.32 Å². The van der Waals surface area contributed by atoms with Crippen molar-refractivity contribution in [2.24, 2.45) is 0 Å². The fourth-order valence-corrected chi connectivity index (χ4v) is 5.27. The Labute approximate surface area is 183 Å². The molecule has 164 valence electrons. The number of thiophene rings is 1. The van der Waals surface area contributed by atoms with E-state index in [0.29, 0.717) is 41.1 Å². The minimum Gasteiger partial charge on any atom is -0.448 e. The Bertz CT molecular complexity index is 1130. The molecule has 0 atom stereocenters. The molecular formula is C23H25FN2O4S. The summed E-state index contributed by atoms with van der Waals surface area (Å²) in [6.45, 7) is 2.78. The van der Waals surface area contributed by atoms with E-state index in [2.05, 4.69) is 10.6 Å². The highest BCUT2D eigenvalue weighted by Gasteiger charge is 2.28. The molecule has 1 aliphatic rings. The van der Waals surface area contributed by atoms with Crippen molar-refractivity contribution in [3.05, 3.63) is 51.3 Å². The largest absolute Gasteiger partial charge is 0.448 e. The van der Waals surface area contributed by atoms with E-state index in [9.17, 15) is 14.0 Å². The third-order valence-corrected chi connectivity index (χ3v) is 6.77. The lowest BCUT2D eigenvalue weighted by Crippen LogP contribution is -2.27. The zero-order valence-electron chi connectivity index (χ0n) is 17.6. The molecule has 2 N–H and O–H groups in total. The van der Waals surface area contributed by atoms with Crippen LogP contribution < -0.4 is 10.6 Å². The topological polar surface area (TPSA) is 80.6 Å². The summed E-state index contributed by atoms with van der Waals surface area (Å²) < 4.78 is 24.7. The molecule has 0 fully saturated rings. The average Bonchev–Trinajstić information content (AvgIpc) is 3.29. The van der Waals surface area contributed by atoms with E-state index in [4.69, 9.17) is 9.15 Å². The van der Waals surface area contributed by atoms with Gasteiger partial charge in [-0.15, -0.1) is 11.3 Å². The summed E-state index contributed by atoms with van der Waals surface area (Å²) in [6, 6.07) is 4.60. The van der Waals surface area contributed by atoms with Crippen LogP contribution in [-0.4, -0.2) is 32.1 Å². The lowest BCUT2D eigenvalue weighted by atomic mass is 9.95. The zero-order valence-corrected chi connectivity index (χ0v) is 18.4. The van der Waals surface area contributed by atoms with Crippen molar-refractivity contribution in [1.29, 1.82) is 0 Å². The van der Waals surface area contributed by atoms with Gasteiger partial charge in [0.2, 0.25) is 0 Å². The normalized spacial score (nSPS) is 13.3. The highest BCUT2D eigenvalue weighted by Crippen LogP contribution is 2.39. The first-order chi connectivity index (χ1) is 15.0. The highest BCUT2D eigenvalue weighted by molar-refractivity contribution is 7.17. The molecule has 8 heteroatoms. The molecule has 0 radical (unpaired) electrons. The lowest BCUT2D eigenvalue weighted by Gasteiger charge is -2.13.